The highest BCUT2D eigenvalue weighted by Crippen LogP contribution is 2.32. The molecule has 1 heterocycles. The third-order valence-electron chi connectivity index (χ3n) is 3.14. The highest BCUT2D eigenvalue weighted by atomic mass is 16.6. The summed E-state index contributed by atoms with van der Waals surface area (Å²) in [7, 11) is 3.09. The quantitative estimate of drug-likeness (QED) is 0.649. The third-order valence-corrected chi connectivity index (χ3v) is 3.14. The van der Waals surface area contributed by atoms with Crippen molar-refractivity contribution >= 4 is 0 Å². The Kier molecular flexibility index (Phi) is 4.24. The molecule has 2 rings (SSSR count). The monoisotopic (exact) mass is 276 g/mol. The van der Waals surface area contributed by atoms with Crippen LogP contribution in [0.25, 0.3) is 0 Å². The second-order valence-corrected chi connectivity index (χ2v) is 4.31. The number of nitrogens with one attached hydrogen (secondary N) is 1. The second kappa shape index (κ2) is 6.10. The first kappa shape index (κ1) is 13.9. The van der Waals surface area contributed by atoms with E-state index in [1.54, 1.807) is 32.5 Å². The summed E-state index contributed by atoms with van der Waals surface area (Å²) in [6.45, 7) is -0.185. The lowest BCUT2D eigenvalue weighted by Gasteiger charge is -2.15. The SMILES string of the molecule is COc1ccc([C@@H](C[N+](=O)[O-])c2ccc[nH]2)cc1OC. The first-order chi connectivity index (χ1) is 9.65. The van der Waals surface area contributed by atoms with E-state index in [4.69, 9.17) is 9.47 Å². The average molecular weight is 276 g/mol. The molecule has 6 nitrogen and oxygen atoms in total. The number of nitrogens with zero attached hydrogens (tertiary/aromatic N) is 1. The van der Waals surface area contributed by atoms with Gasteiger partial charge in [0.15, 0.2) is 11.5 Å². The Bertz CT molecular complexity index is 581. The van der Waals surface area contributed by atoms with Crippen LogP contribution in [0.1, 0.15) is 17.2 Å². The third kappa shape index (κ3) is 2.90. The van der Waals surface area contributed by atoms with Crippen molar-refractivity contribution in [1.29, 1.82) is 0 Å². The van der Waals surface area contributed by atoms with Gasteiger partial charge in [0.2, 0.25) is 6.54 Å². The van der Waals surface area contributed by atoms with E-state index >= 15 is 0 Å². The number of benzene rings is 1. The minimum Gasteiger partial charge on any atom is -0.493 e. The van der Waals surface area contributed by atoms with Gasteiger partial charge >= 0.3 is 0 Å². The summed E-state index contributed by atoms with van der Waals surface area (Å²) >= 11 is 0. The molecule has 0 amide bonds. The van der Waals surface area contributed by atoms with Crippen LogP contribution in [0.2, 0.25) is 0 Å². The molecule has 106 valence electrons. The molecule has 0 bridgehead atoms. The standard InChI is InChI=1S/C14H16N2O4/c1-19-13-6-5-10(8-14(13)20-2)11(9-16(17)18)12-4-3-7-15-12/h3-8,11,15H,9H2,1-2H3/t11-/m1/s1. The first-order valence-electron chi connectivity index (χ1n) is 6.12. The van der Waals surface area contributed by atoms with Crippen LogP contribution in [-0.4, -0.2) is 30.7 Å². The molecule has 0 aliphatic heterocycles. The molecular formula is C14H16N2O4. The van der Waals surface area contributed by atoms with E-state index < -0.39 is 0 Å². The summed E-state index contributed by atoms with van der Waals surface area (Å²) in [6.07, 6.45) is 1.75. The average Bonchev–Trinajstić information content (AvgIpc) is 2.97. The molecule has 2 aromatic rings. The fraction of sp³-hybridized carbons (Fsp3) is 0.286. The fourth-order valence-corrected chi connectivity index (χ4v) is 2.16. The van der Waals surface area contributed by atoms with Gasteiger partial charge in [0.25, 0.3) is 0 Å². The van der Waals surface area contributed by atoms with Crippen LogP contribution >= 0.6 is 0 Å². The first-order valence-corrected chi connectivity index (χ1v) is 6.12. The van der Waals surface area contributed by atoms with Crippen molar-refractivity contribution in [3.8, 4) is 11.5 Å². The smallest absolute Gasteiger partial charge is 0.216 e. The zero-order valence-electron chi connectivity index (χ0n) is 11.3. The molecule has 1 N–H and O–H groups in total. The largest absolute Gasteiger partial charge is 0.493 e. The molecular weight excluding hydrogens is 260 g/mol. The number of rotatable bonds is 6. The van der Waals surface area contributed by atoms with Crippen LogP contribution in [0.5, 0.6) is 11.5 Å². The number of hydrogen-bond donors (Lipinski definition) is 1. The molecule has 0 spiro atoms. The number of methoxy groups -OCH3 is 2. The highest BCUT2D eigenvalue weighted by molar-refractivity contribution is 5.45. The summed E-state index contributed by atoms with van der Waals surface area (Å²) in [5.41, 5.74) is 1.61. The van der Waals surface area contributed by atoms with Gasteiger partial charge in [0, 0.05) is 16.8 Å². The van der Waals surface area contributed by atoms with Crippen LogP contribution < -0.4 is 9.47 Å². The predicted octanol–water partition coefficient (Wildman–Crippen LogP) is 2.44. The Morgan fingerprint density at radius 3 is 2.55 bits per heavy atom. The Hall–Kier alpha value is -2.50. The van der Waals surface area contributed by atoms with Gasteiger partial charge in [0.05, 0.1) is 20.1 Å². The maximum Gasteiger partial charge on any atom is 0.216 e. The Balaban J connectivity index is 2.41. The molecule has 0 aliphatic rings. The zero-order chi connectivity index (χ0) is 14.5. The molecule has 6 heteroatoms. The van der Waals surface area contributed by atoms with Gasteiger partial charge in [-0.05, 0) is 29.8 Å². The number of hydrogen-bond acceptors (Lipinski definition) is 4. The van der Waals surface area contributed by atoms with Crippen LogP contribution in [0.15, 0.2) is 36.5 Å². The Labute approximate surface area is 116 Å². The number of H-pyrrole nitrogens is 1. The van der Waals surface area contributed by atoms with Crippen LogP contribution in [0, 0.1) is 10.1 Å². The van der Waals surface area contributed by atoms with Gasteiger partial charge in [-0.1, -0.05) is 6.07 Å². The highest BCUT2D eigenvalue weighted by Gasteiger charge is 2.22. The fourth-order valence-electron chi connectivity index (χ4n) is 2.16. The molecule has 0 saturated heterocycles. The van der Waals surface area contributed by atoms with Gasteiger partial charge < -0.3 is 14.5 Å². The summed E-state index contributed by atoms with van der Waals surface area (Å²) < 4.78 is 10.4. The van der Waals surface area contributed by atoms with Gasteiger partial charge in [-0.25, -0.2) is 0 Å². The van der Waals surface area contributed by atoms with E-state index in [1.165, 1.54) is 0 Å². The lowest BCUT2D eigenvalue weighted by atomic mass is 9.95. The lowest BCUT2D eigenvalue weighted by molar-refractivity contribution is -0.481. The van der Waals surface area contributed by atoms with Crippen LogP contribution in [-0.2, 0) is 0 Å². The van der Waals surface area contributed by atoms with Gasteiger partial charge in [-0.3, -0.25) is 10.1 Å². The van der Waals surface area contributed by atoms with Gasteiger partial charge in [-0.15, -0.1) is 0 Å². The van der Waals surface area contributed by atoms with Gasteiger partial charge in [0.1, 0.15) is 0 Å². The van der Waals surface area contributed by atoms with E-state index in [9.17, 15) is 10.1 Å². The molecule has 0 saturated carbocycles. The maximum atomic E-state index is 10.9. The van der Waals surface area contributed by atoms with Crippen LogP contribution in [0.3, 0.4) is 0 Å². The molecule has 0 aliphatic carbocycles. The molecule has 1 aromatic heterocycles. The van der Waals surface area contributed by atoms with E-state index in [1.807, 2.05) is 18.2 Å². The van der Waals surface area contributed by atoms with E-state index in [0.717, 1.165) is 11.3 Å². The zero-order valence-corrected chi connectivity index (χ0v) is 11.3. The molecule has 0 unspecified atom stereocenters. The maximum absolute atomic E-state index is 10.9. The van der Waals surface area contributed by atoms with Crippen molar-refractivity contribution in [3.63, 3.8) is 0 Å². The molecule has 0 fully saturated rings. The predicted molar refractivity (Wildman–Crippen MR) is 74.0 cm³/mol. The minimum absolute atomic E-state index is 0.185. The molecule has 20 heavy (non-hydrogen) atoms. The Morgan fingerprint density at radius 1 is 1.25 bits per heavy atom. The Morgan fingerprint density at radius 2 is 2.00 bits per heavy atom. The minimum atomic E-state index is -0.347. The summed E-state index contributed by atoms with van der Waals surface area (Å²) in [6, 6.07) is 9.00. The summed E-state index contributed by atoms with van der Waals surface area (Å²) in [4.78, 5) is 13.6. The summed E-state index contributed by atoms with van der Waals surface area (Å²) in [5, 5.41) is 10.9. The second-order valence-electron chi connectivity index (χ2n) is 4.31. The van der Waals surface area contributed by atoms with Crippen molar-refractivity contribution in [2.45, 2.75) is 5.92 Å². The van der Waals surface area contributed by atoms with Crippen molar-refractivity contribution in [2.75, 3.05) is 20.8 Å². The summed E-state index contributed by atoms with van der Waals surface area (Å²) in [5.74, 6) is 0.812. The van der Waals surface area contributed by atoms with Crippen LogP contribution in [0.4, 0.5) is 0 Å². The normalized spacial score (nSPS) is 11.9. The van der Waals surface area contributed by atoms with Crippen molar-refractivity contribution in [1.82, 2.24) is 4.98 Å². The van der Waals surface area contributed by atoms with Crippen molar-refractivity contribution < 1.29 is 14.4 Å². The van der Waals surface area contributed by atoms with E-state index in [0.29, 0.717) is 11.5 Å². The molecule has 1 atom stereocenters. The number of aromatic nitrogens is 1. The molecule has 1 aromatic carbocycles. The van der Waals surface area contributed by atoms with Crippen molar-refractivity contribution in [3.05, 3.63) is 57.9 Å². The number of aromatic amines is 1. The topological polar surface area (TPSA) is 77.4 Å². The number of ether oxygens (including phenoxy) is 2. The molecule has 0 radical (unpaired) electrons. The van der Waals surface area contributed by atoms with Gasteiger partial charge in [-0.2, -0.15) is 0 Å². The van der Waals surface area contributed by atoms with E-state index in [-0.39, 0.29) is 17.4 Å². The lowest BCUT2D eigenvalue weighted by Crippen LogP contribution is -2.14. The van der Waals surface area contributed by atoms with Crippen molar-refractivity contribution in [2.24, 2.45) is 0 Å². The van der Waals surface area contributed by atoms with E-state index in [2.05, 4.69) is 4.98 Å². The number of nitro groups is 1.